The summed E-state index contributed by atoms with van der Waals surface area (Å²) in [6.45, 7) is 29.1. The summed E-state index contributed by atoms with van der Waals surface area (Å²) in [6.07, 6.45) is 130. The molecule has 0 spiro atoms. The van der Waals surface area contributed by atoms with E-state index in [-0.39, 0.29) is 0 Å². The van der Waals surface area contributed by atoms with Crippen molar-refractivity contribution in [2.75, 3.05) is 0 Å². The van der Waals surface area contributed by atoms with Gasteiger partial charge < -0.3 is 0 Å². The number of hydrogen-bond acceptors (Lipinski definition) is 0. The first-order chi connectivity index (χ1) is 50.5. The van der Waals surface area contributed by atoms with Crippen molar-refractivity contribution >= 4 is 0 Å². The molecule has 5 unspecified atom stereocenters. The molecule has 0 aliphatic carbocycles. The van der Waals surface area contributed by atoms with Crippen LogP contribution in [0.15, 0.2) is 75.4 Å². The zero-order valence-corrected chi connectivity index (χ0v) is 71.2. The van der Waals surface area contributed by atoms with Crippen molar-refractivity contribution in [2.45, 2.75) is 547 Å². The van der Waals surface area contributed by atoms with Crippen LogP contribution >= 0.6 is 0 Å². The van der Waals surface area contributed by atoms with Gasteiger partial charge in [-0.1, -0.05) is 479 Å². The summed E-state index contributed by atoms with van der Waals surface area (Å²) in [5.41, 5.74) is 1.36. The molecule has 0 fully saturated rings. The molecule has 102 heavy (non-hydrogen) atoms. The molecule has 0 heterocycles. The Labute approximate surface area is 647 Å². The molecule has 0 aliphatic rings. The van der Waals surface area contributed by atoms with E-state index in [1.54, 1.807) is 0 Å². The highest BCUT2D eigenvalue weighted by Gasteiger charge is 2.37. The van der Waals surface area contributed by atoms with Crippen molar-refractivity contribution < 1.29 is 0 Å². The maximum Gasteiger partial charge on any atom is -0.0322 e. The summed E-state index contributed by atoms with van der Waals surface area (Å²) >= 11 is 0. The van der Waals surface area contributed by atoms with Gasteiger partial charge in [-0.3, -0.25) is 0 Å². The molecule has 0 nitrogen and oxygen atoms in total. The zero-order chi connectivity index (χ0) is 73.7. The molecule has 0 amide bonds. The van der Waals surface area contributed by atoms with E-state index in [1.165, 1.54) is 539 Å². The van der Waals surface area contributed by atoms with Gasteiger partial charge in [0.25, 0.3) is 0 Å². The van der Waals surface area contributed by atoms with Crippen LogP contribution in [0, 0.1) is 29.6 Å². The number of allylic oxidation sites excluding steroid dienone is 6. The fourth-order valence-corrected chi connectivity index (χ4v) is 18.1. The minimum atomic E-state index is 0.818. The van der Waals surface area contributed by atoms with Gasteiger partial charge in [-0.2, -0.15) is 0 Å². The van der Waals surface area contributed by atoms with E-state index >= 15 is 0 Å². The van der Waals surface area contributed by atoms with E-state index in [4.69, 9.17) is 0 Å². The average Bonchev–Trinajstić information content (AvgIpc) is 0.828. The van der Waals surface area contributed by atoms with Crippen molar-refractivity contribution in [3.05, 3.63) is 75.4 Å². The van der Waals surface area contributed by atoms with Crippen LogP contribution in [-0.2, 0) is 0 Å². The molecule has 0 aliphatic heterocycles. The van der Waals surface area contributed by atoms with Gasteiger partial charge in [-0.15, -0.1) is 39.5 Å². The van der Waals surface area contributed by atoms with Gasteiger partial charge in [-0.25, -0.2) is 0 Å². The Morgan fingerprint density at radius 2 is 0.373 bits per heavy atom. The monoisotopic (exact) mass is 1420 g/mol. The molecule has 602 valence electrons. The lowest BCUT2D eigenvalue weighted by molar-refractivity contribution is 0.0734. The van der Waals surface area contributed by atoms with E-state index in [0.29, 0.717) is 0 Å². The lowest BCUT2D eigenvalue weighted by atomic mass is 9.63. The molecule has 0 N–H and O–H groups in total. The molecule has 0 saturated heterocycles. The Balaban J connectivity index is 6.92. The van der Waals surface area contributed by atoms with Crippen molar-refractivity contribution in [3.63, 3.8) is 0 Å². The smallest absolute Gasteiger partial charge is 0.0322 e. The summed E-state index contributed by atoms with van der Waals surface area (Å²) in [5, 5.41) is 0. The maximum atomic E-state index is 4.65. The molecule has 0 rings (SSSR count). The number of hydrogen-bond donors (Lipinski definition) is 0. The Bertz CT molecular complexity index is 1630. The van der Waals surface area contributed by atoms with E-state index < -0.39 is 0 Å². The predicted octanol–water partition coefficient (Wildman–Crippen LogP) is 38.0. The van der Waals surface area contributed by atoms with Gasteiger partial charge in [0.2, 0.25) is 0 Å². The topological polar surface area (TPSA) is 0 Å². The minimum Gasteiger partial charge on any atom is -0.103 e. The lowest BCUT2D eigenvalue weighted by Gasteiger charge is -2.43. The van der Waals surface area contributed by atoms with Crippen LogP contribution in [0.3, 0.4) is 0 Å². The lowest BCUT2D eigenvalue weighted by Crippen LogP contribution is -2.34. The van der Waals surface area contributed by atoms with Crippen LogP contribution in [0.2, 0.25) is 0 Å². The Hall–Kier alpha value is -1.56. The van der Waals surface area contributed by atoms with Gasteiger partial charge in [0.05, 0.1) is 0 Å². The van der Waals surface area contributed by atoms with Gasteiger partial charge in [-0.05, 0) is 133 Å². The number of rotatable bonds is 93. The van der Waals surface area contributed by atoms with Crippen molar-refractivity contribution in [3.8, 4) is 0 Å². The molecule has 0 aromatic rings. The molecule has 0 aromatic carbocycles. The summed E-state index contributed by atoms with van der Waals surface area (Å²) < 4.78 is 0. The highest BCUT2D eigenvalue weighted by molar-refractivity contribution is 4.90. The summed E-state index contributed by atoms with van der Waals surface area (Å²) in [7, 11) is 0. The zero-order valence-electron chi connectivity index (χ0n) is 71.2. The van der Waals surface area contributed by atoms with Crippen LogP contribution in [0.4, 0.5) is 0 Å². The van der Waals surface area contributed by atoms with Crippen LogP contribution in [0.1, 0.15) is 547 Å². The van der Waals surface area contributed by atoms with Crippen LogP contribution in [0.25, 0.3) is 0 Å². The van der Waals surface area contributed by atoms with Crippen molar-refractivity contribution in [1.29, 1.82) is 0 Å². The van der Waals surface area contributed by atoms with Gasteiger partial charge in [0.15, 0.2) is 0 Å². The second-order valence-corrected chi connectivity index (χ2v) is 34.5. The minimum absolute atomic E-state index is 0.818. The quantitative estimate of drug-likeness (QED) is 0.0421. The third-order valence-electron chi connectivity index (χ3n) is 24.7. The van der Waals surface area contributed by atoms with E-state index in [2.05, 4.69) is 83.7 Å². The Morgan fingerprint density at radius 3 is 0.588 bits per heavy atom. The van der Waals surface area contributed by atoms with Gasteiger partial charge in [0.1, 0.15) is 0 Å². The predicted molar refractivity (Wildman–Crippen MR) is 472 cm³/mol. The Morgan fingerprint density at radius 1 is 0.196 bits per heavy atom. The molecular weight excluding hydrogens is 1230 g/mol. The van der Waals surface area contributed by atoms with E-state index in [9.17, 15) is 0 Å². The molecule has 5 atom stereocenters. The maximum absolute atomic E-state index is 4.65. The fraction of sp³-hybridized carbons (Fsp3) is 0.882. The van der Waals surface area contributed by atoms with E-state index in [1.807, 2.05) is 0 Å². The SMILES string of the molecule is C=CCCCCCCCCCCCCCCCC(CC=C)C(CCCCCCCCCCCCCCCC=C)C(CCCCCCCCCCCCCCCC=C)C(CCCCCCCCCCCCCCCC=C)C(CCCCCCCCC)CCCCCCCCCCCCCCC(=C)C. The first-order valence-electron chi connectivity index (χ1n) is 48.2. The van der Waals surface area contributed by atoms with Crippen molar-refractivity contribution in [1.82, 2.24) is 0 Å². The average molecular weight is 1420 g/mol. The normalized spacial score (nSPS) is 13.2. The molecule has 0 heteroatoms. The van der Waals surface area contributed by atoms with Gasteiger partial charge >= 0.3 is 0 Å². The van der Waals surface area contributed by atoms with E-state index in [0.717, 1.165) is 29.6 Å². The van der Waals surface area contributed by atoms with Crippen molar-refractivity contribution in [2.24, 2.45) is 29.6 Å². The molecular formula is C102H194. The largest absolute Gasteiger partial charge is 0.103 e. The molecule has 0 radical (unpaired) electrons. The third-order valence-corrected chi connectivity index (χ3v) is 24.7. The number of unbranched alkanes of at least 4 members (excludes halogenated alkanes) is 69. The summed E-state index contributed by atoms with van der Waals surface area (Å²) in [6, 6.07) is 0. The fourth-order valence-electron chi connectivity index (χ4n) is 18.1. The highest BCUT2D eigenvalue weighted by atomic mass is 14.4. The second kappa shape index (κ2) is 88.3. The summed E-state index contributed by atoms with van der Waals surface area (Å²) in [5.74, 6) is 4.41. The third kappa shape index (κ3) is 75.3. The standard InChI is InChI=1S/C102H194/c1-9-15-20-25-30-34-38-42-46-50-57-63-70-77-83-91-98(89-14-6)100(94-86-79-72-65-59-51-47-43-39-35-31-26-21-16-10-2)102(96-88-81-74-67-61-53-49-45-41-37-33-28-23-18-12-4)101(95-87-80-73-66-60-52-48-44-40-36-32-27-22-17-11-3)99(92-84-76-68-29-24-19-13-5)93-85-78-71-64-58-55-54-56-62-69-75-82-90-97(7)8/h9-12,14,98-102H,1-4,6-7,13,15-96H2,5,8H3. The van der Waals surface area contributed by atoms with Crippen LogP contribution in [-0.4, -0.2) is 0 Å². The Kier molecular flexibility index (Phi) is 87.0. The highest BCUT2D eigenvalue weighted by Crippen LogP contribution is 2.47. The molecule has 0 saturated carbocycles. The summed E-state index contributed by atoms with van der Waals surface area (Å²) in [4.78, 5) is 0. The molecule has 0 aromatic heterocycles. The van der Waals surface area contributed by atoms with Crippen LogP contribution in [0.5, 0.6) is 0 Å². The van der Waals surface area contributed by atoms with Crippen LogP contribution < -0.4 is 0 Å². The van der Waals surface area contributed by atoms with Gasteiger partial charge in [0, 0.05) is 0 Å². The second-order valence-electron chi connectivity index (χ2n) is 34.5. The first-order valence-corrected chi connectivity index (χ1v) is 48.2. The molecule has 0 bridgehead atoms. The first kappa shape index (κ1) is 100.